The predicted molar refractivity (Wildman–Crippen MR) is 67.2 cm³/mol. The molecule has 1 aromatic rings. The molecule has 1 unspecified atom stereocenters. The van der Waals surface area contributed by atoms with Crippen LogP contribution in [0.4, 0.5) is 0 Å². The van der Waals surface area contributed by atoms with Crippen molar-refractivity contribution in [3.63, 3.8) is 0 Å². The van der Waals surface area contributed by atoms with Crippen molar-refractivity contribution in [3.05, 3.63) is 42.0 Å². The van der Waals surface area contributed by atoms with Gasteiger partial charge in [0.2, 0.25) is 0 Å². The minimum absolute atomic E-state index is 0.318. The molecule has 0 fully saturated rings. The van der Waals surface area contributed by atoms with Crippen LogP contribution in [-0.2, 0) is 14.4 Å². The number of benzene rings is 1. The molecule has 0 aromatic heterocycles. The first kappa shape index (κ1) is 13.0. The Kier molecular flexibility index (Phi) is 3.46. The monoisotopic (exact) mass is 259 g/mol. The normalized spacial score (nSPS) is 15.8. The third-order valence-electron chi connectivity index (χ3n) is 2.85. The zero-order valence-corrected chi connectivity index (χ0v) is 10.6. The van der Waals surface area contributed by atoms with Crippen molar-refractivity contribution in [1.29, 1.82) is 0 Å². The Morgan fingerprint density at radius 2 is 1.63 bits per heavy atom. The molecule has 1 heterocycles. The van der Waals surface area contributed by atoms with E-state index in [-0.39, 0.29) is 17.9 Å². The maximum absolute atomic E-state index is 11.6. The Morgan fingerprint density at radius 3 is 2.11 bits per heavy atom. The van der Waals surface area contributed by atoms with Gasteiger partial charge < -0.3 is 4.74 Å². The highest BCUT2D eigenvalue weighted by molar-refractivity contribution is 6.13. The molecule has 19 heavy (non-hydrogen) atoms. The molecule has 0 saturated carbocycles. The molecule has 0 bridgehead atoms. The summed E-state index contributed by atoms with van der Waals surface area (Å²) in [6.07, 6.45) is 2.51. The number of esters is 1. The average molecular weight is 259 g/mol. The van der Waals surface area contributed by atoms with Gasteiger partial charge in [0.05, 0.1) is 6.04 Å². The first-order valence-electron chi connectivity index (χ1n) is 5.82. The number of hydrogen-bond acceptors (Lipinski definition) is 4. The summed E-state index contributed by atoms with van der Waals surface area (Å²) in [5.41, 5.74) is 0.793. The Bertz CT molecular complexity index is 541. The highest BCUT2D eigenvalue weighted by Crippen LogP contribution is 2.25. The number of nitrogens with zero attached hydrogens (tertiary/aromatic N) is 1. The lowest BCUT2D eigenvalue weighted by atomic mass is 10.1. The van der Waals surface area contributed by atoms with Gasteiger partial charge in [-0.15, -0.1) is 0 Å². The van der Waals surface area contributed by atoms with E-state index in [0.717, 1.165) is 5.56 Å². The first-order valence-corrected chi connectivity index (χ1v) is 5.82. The molecule has 2 rings (SSSR count). The van der Waals surface area contributed by atoms with Crippen LogP contribution in [0.3, 0.4) is 0 Å². The minimum atomic E-state index is -0.394. The van der Waals surface area contributed by atoms with Gasteiger partial charge in [-0.1, -0.05) is 12.1 Å². The fourth-order valence-electron chi connectivity index (χ4n) is 1.92. The van der Waals surface area contributed by atoms with Crippen molar-refractivity contribution < 1.29 is 19.1 Å². The summed E-state index contributed by atoms with van der Waals surface area (Å²) in [5, 5.41) is 0. The summed E-state index contributed by atoms with van der Waals surface area (Å²) >= 11 is 0. The number of rotatable bonds is 3. The quantitative estimate of drug-likeness (QED) is 0.470. The van der Waals surface area contributed by atoms with Crippen LogP contribution in [0, 0.1) is 0 Å². The molecule has 0 spiro atoms. The summed E-state index contributed by atoms with van der Waals surface area (Å²) in [6.45, 7) is 3.09. The third-order valence-corrected chi connectivity index (χ3v) is 2.85. The van der Waals surface area contributed by atoms with Crippen molar-refractivity contribution in [2.75, 3.05) is 0 Å². The first-order chi connectivity index (χ1) is 8.99. The van der Waals surface area contributed by atoms with Crippen LogP contribution >= 0.6 is 0 Å². The molecule has 1 aliphatic rings. The number of carbonyl (C=O) groups is 3. The highest BCUT2D eigenvalue weighted by atomic mass is 16.5. The fraction of sp³-hybridized carbons (Fsp3) is 0.214. The fourth-order valence-corrected chi connectivity index (χ4v) is 1.92. The van der Waals surface area contributed by atoms with Crippen LogP contribution in [0.15, 0.2) is 36.4 Å². The Hall–Kier alpha value is -2.43. The van der Waals surface area contributed by atoms with E-state index < -0.39 is 5.97 Å². The van der Waals surface area contributed by atoms with Crippen LogP contribution in [0.2, 0.25) is 0 Å². The summed E-state index contributed by atoms with van der Waals surface area (Å²) in [4.78, 5) is 35.1. The molecule has 1 aromatic carbocycles. The number of ether oxygens (including phenoxy) is 1. The van der Waals surface area contributed by atoms with Gasteiger partial charge in [-0.25, -0.2) is 0 Å². The number of amides is 2. The topological polar surface area (TPSA) is 63.7 Å². The summed E-state index contributed by atoms with van der Waals surface area (Å²) in [5.74, 6) is -0.598. The van der Waals surface area contributed by atoms with Gasteiger partial charge in [0.25, 0.3) is 11.8 Å². The van der Waals surface area contributed by atoms with Gasteiger partial charge in [-0.3, -0.25) is 19.3 Å². The second-order valence-electron chi connectivity index (χ2n) is 4.22. The van der Waals surface area contributed by atoms with Gasteiger partial charge in [-0.05, 0) is 24.6 Å². The molecule has 98 valence electrons. The molecule has 0 radical (unpaired) electrons. The summed E-state index contributed by atoms with van der Waals surface area (Å²) < 4.78 is 4.92. The average Bonchev–Trinajstić information content (AvgIpc) is 2.68. The molecular formula is C14H13NO4. The molecule has 0 saturated heterocycles. The maximum atomic E-state index is 11.6. The number of hydrogen-bond donors (Lipinski definition) is 0. The summed E-state index contributed by atoms with van der Waals surface area (Å²) in [7, 11) is 0. The largest absolute Gasteiger partial charge is 0.427 e. The van der Waals surface area contributed by atoms with Crippen molar-refractivity contribution in [2.45, 2.75) is 19.9 Å². The lowest BCUT2D eigenvalue weighted by Gasteiger charge is -2.22. The Balaban J connectivity index is 2.16. The highest BCUT2D eigenvalue weighted by Gasteiger charge is 2.29. The van der Waals surface area contributed by atoms with E-state index in [9.17, 15) is 14.4 Å². The van der Waals surface area contributed by atoms with Crippen LogP contribution < -0.4 is 4.74 Å². The van der Waals surface area contributed by atoms with E-state index >= 15 is 0 Å². The molecule has 0 aliphatic carbocycles. The van der Waals surface area contributed by atoms with Crippen molar-refractivity contribution in [1.82, 2.24) is 4.90 Å². The maximum Gasteiger partial charge on any atom is 0.308 e. The van der Waals surface area contributed by atoms with Crippen LogP contribution in [-0.4, -0.2) is 22.7 Å². The van der Waals surface area contributed by atoms with E-state index in [0.29, 0.717) is 5.75 Å². The van der Waals surface area contributed by atoms with E-state index in [1.807, 2.05) is 0 Å². The van der Waals surface area contributed by atoms with E-state index in [2.05, 4.69) is 0 Å². The second kappa shape index (κ2) is 5.06. The van der Waals surface area contributed by atoms with E-state index in [1.54, 1.807) is 31.2 Å². The van der Waals surface area contributed by atoms with Gasteiger partial charge in [0.1, 0.15) is 5.75 Å². The van der Waals surface area contributed by atoms with Crippen molar-refractivity contribution in [3.8, 4) is 5.75 Å². The third kappa shape index (κ3) is 2.70. The van der Waals surface area contributed by atoms with Crippen molar-refractivity contribution >= 4 is 17.8 Å². The summed E-state index contributed by atoms with van der Waals surface area (Å²) in [6, 6.07) is 6.35. The Labute approximate surface area is 110 Å². The molecular weight excluding hydrogens is 246 g/mol. The Morgan fingerprint density at radius 1 is 1.11 bits per heavy atom. The number of carbonyl (C=O) groups excluding carboxylic acids is 3. The molecule has 1 atom stereocenters. The van der Waals surface area contributed by atoms with Crippen LogP contribution in [0.5, 0.6) is 5.75 Å². The minimum Gasteiger partial charge on any atom is -0.427 e. The lowest BCUT2D eigenvalue weighted by molar-refractivity contribution is -0.139. The van der Waals surface area contributed by atoms with E-state index in [4.69, 9.17) is 4.74 Å². The second-order valence-corrected chi connectivity index (χ2v) is 4.22. The zero-order chi connectivity index (χ0) is 14.0. The standard InChI is InChI=1S/C14H13NO4/c1-9(15-13(17)7-8-14(15)18)11-3-5-12(6-4-11)19-10(2)16/h3-9H,1-2H3. The molecule has 2 amide bonds. The van der Waals surface area contributed by atoms with Crippen LogP contribution in [0.25, 0.3) is 0 Å². The van der Waals surface area contributed by atoms with Gasteiger partial charge in [-0.2, -0.15) is 0 Å². The smallest absolute Gasteiger partial charge is 0.308 e. The van der Waals surface area contributed by atoms with Gasteiger partial charge in [0.15, 0.2) is 0 Å². The van der Waals surface area contributed by atoms with Crippen LogP contribution in [0.1, 0.15) is 25.5 Å². The molecule has 1 aliphatic heterocycles. The van der Waals surface area contributed by atoms with Crippen molar-refractivity contribution in [2.24, 2.45) is 0 Å². The molecule has 5 nitrogen and oxygen atoms in total. The van der Waals surface area contributed by atoms with Gasteiger partial charge in [0, 0.05) is 19.1 Å². The molecule has 5 heteroatoms. The lowest BCUT2D eigenvalue weighted by Crippen LogP contribution is -2.32. The number of imide groups is 1. The van der Waals surface area contributed by atoms with E-state index in [1.165, 1.54) is 24.0 Å². The zero-order valence-electron chi connectivity index (χ0n) is 10.6. The van der Waals surface area contributed by atoms with Gasteiger partial charge >= 0.3 is 5.97 Å². The molecule has 0 N–H and O–H groups in total. The SMILES string of the molecule is CC(=O)Oc1ccc(C(C)N2C(=O)C=CC2=O)cc1. The predicted octanol–water partition coefficient (Wildman–Crippen LogP) is 1.60.